The van der Waals surface area contributed by atoms with Crippen molar-refractivity contribution >= 4 is 29.5 Å². The summed E-state index contributed by atoms with van der Waals surface area (Å²) in [5.74, 6) is -0.781. The zero-order valence-corrected chi connectivity index (χ0v) is 12.6. The highest BCUT2D eigenvalue weighted by atomic mass is 32.2. The van der Waals surface area contributed by atoms with Crippen molar-refractivity contribution in [2.45, 2.75) is 38.1 Å². The Morgan fingerprint density at radius 3 is 2.80 bits per heavy atom. The van der Waals surface area contributed by atoms with Crippen molar-refractivity contribution in [2.75, 3.05) is 25.1 Å². The summed E-state index contributed by atoms with van der Waals surface area (Å²) in [5.41, 5.74) is 0. The molecule has 1 aliphatic heterocycles. The smallest absolute Gasteiger partial charge is 0.326 e. The lowest BCUT2D eigenvalue weighted by atomic mass is 10.2. The van der Waals surface area contributed by atoms with Crippen LogP contribution in [0.3, 0.4) is 0 Å². The highest BCUT2D eigenvalue weighted by Gasteiger charge is 2.23. The first-order valence-corrected chi connectivity index (χ1v) is 8.23. The van der Waals surface area contributed by atoms with Gasteiger partial charge in [0.1, 0.15) is 6.04 Å². The van der Waals surface area contributed by atoms with E-state index in [9.17, 15) is 14.4 Å². The summed E-state index contributed by atoms with van der Waals surface area (Å²) in [6.45, 7) is 0.538. The van der Waals surface area contributed by atoms with Crippen LogP contribution in [0.25, 0.3) is 0 Å². The van der Waals surface area contributed by atoms with E-state index in [1.165, 1.54) is 16.7 Å². The summed E-state index contributed by atoms with van der Waals surface area (Å²) in [6, 6.07) is -0.878. The lowest BCUT2D eigenvalue weighted by Gasteiger charge is -2.21. The van der Waals surface area contributed by atoms with E-state index in [1.54, 1.807) is 0 Å². The van der Waals surface area contributed by atoms with Gasteiger partial charge in [0, 0.05) is 13.0 Å². The Balaban J connectivity index is 2.47. The molecule has 2 N–H and O–H groups in total. The predicted molar refractivity (Wildman–Crippen MR) is 77.6 cm³/mol. The van der Waals surface area contributed by atoms with Gasteiger partial charge in [0.2, 0.25) is 11.8 Å². The van der Waals surface area contributed by atoms with Gasteiger partial charge in [-0.2, -0.15) is 11.8 Å². The fraction of sp³-hybridized carbons (Fsp3) is 0.769. The number of carbonyl (C=O) groups is 3. The summed E-state index contributed by atoms with van der Waals surface area (Å²) in [4.78, 5) is 36.2. The van der Waals surface area contributed by atoms with Gasteiger partial charge in [-0.05, 0) is 31.3 Å². The highest BCUT2D eigenvalue weighted by molar-refractivity contribution is 7.98. The van der Waals surface area contributed by atoms with Crippen molar-refractivity contribution < 1.29 is 19.5 Å². The normalized spacial score (nSPS) is 17.4. The molecule has 0 radical (unpaired) electrons. The topological polar surface area (TPSA) is 86.7 Å². The molecular weight excluding hydrogens is 280 g/mol. The van der Waals surface area contributed by atoms with Crippen molar-refractivity contribution in [2.24, 2.45) is 0 Å². The molecule has 1 saturated heterocycles. The third-order valence-corrected chi connectivity index (χ3v) is 3.89. The highest BCUT2D eigenvalue weighted by Crippen LogP contribution is 2.10. The predicted octanol–water partition coefficient (Wildman–Crippen LogP) is 0.711. The van der Waals surface area contributed by atoms with Gasteiger partial charge in [0.05, 0.1) is 6.54 Å². The minimum absolute atomic E-state index is 0.0198. The molecule has 1 rings (SSSR count). The molecule has 1 atom stereocenters. The third kappa shape index (κ3) is 5.81. The van der Waals surface area contributed by atoms with Gasteiger partial charge in [0.25, 0.3) is 0 Å². The fourth-order valence-corrected chi connectivity index (χ4v) is 2.58. The standard InChI is InChI=1S/C13H22N2O4S/c1-20-8-6-10(13(18)19)14-11(16)9-15-7-4-2-3-5-12(15)17/h10H,2-9H2,1H3,(H,14,16)(H,18,19)/t10-/m0/s1. The second-order valence-electron chi connectivity index (χ2n) is 4.87. The molecule has 0 spiro atoms. The molecule has 1 aliphatic rings. The number of aliphatic carboxylic acids is 1. The molecule has 114 valence electrons. The molecule has 0 aromatic heterocycles. The van der Waals surface area contributed by atoms with E-state index in [2.05, 4.69) is 5.32 Å². The van der Waals surface area contributed by atoms with E-state index in [4.69, 9.17) is 5.11 Å². The summed E-state index contributed by atoms with van der Waals surface area (Å²) in [7, 11) is 0. The number of rotatable bonds is 7. The Hall–Kier alpha value is -1.24. The van der Waals surface area contributed by atoms with E-state index in [0.717, 1.165) is 19.3 Å². The Morgan fingerprint density at radius 2 is 2.15 bits per heavy atom. The van der Waals surface area contributed by atoms with Crippen LogP contribution in [0, 0.1) is 0 Å². The van der Waals surface area contributed by atoms with Gasteiger partial charge in [0.15, 0.2) is 0 Å². The molecule has 6 nitrogen and oxygen atoms in total. The summed E-state index contributed by atoms with van der Waals surface area (Å²) < 4.78 is 0. The van der Waals surface area contributed by atoms with E-state index in [1.807, 2.05) is 6.26 Å². The Kier molecular flexibility index (Phi) is 7.43. The van der Waals surface area contributed by atoms with Gasteiger partial charge in [-0.1, -0.05) is 6.42 Å². The number of nitrogens with zero attached hydrogens (tertiary/aromatic N) is 1. The van der Waals surface area contributed by atoms with E-state index in [0.29, 0.717) is 25.1 Å². The van der Waals surface area contributed by atoms with Crippen LogP contribution in [0.15, 0.2) is 0 Å². The second-order valence-corrected chi connectivity index (χ2v) is 5.85. The van der Waals surface area contributed by atoms with Crippen molar-refractivity contribution in [1.82, 2.24) is 10.2 Å². The number of thioether (sulfide) groups is 1. The van der Waals surface area contributed by atoms with Gasteiger partial charge in [-0.15, -0.1) is 0 Å². The molecule has 20 heavy (non-hydrogen) atoms. The van der Waals surface area contributed by atoms with Crippen LogP contribution in [0.1, 0.15) is 32.1 Å². The zero-order valence-electron chi connectivity index (χ0n) is 11.8. The number of likely N-dealkylation sites (tertiary alicyclic amines) is 1. The number of carboxylic acid groups (broad SMARTS) is 1. The van der Waals surface area contributed by atoms with Crippen LogP contribution in [0.4, 0.5) is 0 Å². The molecule has 0 aromatic rings. The largest absolute Gasteiger partial charge is 0.480 e. The minimum Gasteiger partial charge on any atom is -0.480 e. The van der Waals surface area contributed by atoms with Gasteiger partial charge >= 0.3 is 5.97 Å². The Bertz CT molecular complexity index is 362. The molecular formula is C13H22N2O4S. The SMILES string of the molecule is CSCC[C@H](NC(=O)CN1CCCCCC1=O)C(=O)O. The van der Waals surface area contributed by atoms with Gasteiger partial charge < -0.3 is 15.3 Å². The number of carboxylic acids is 1. The average Bonchev–Trinajstić information content (AvgIpc) is 2.59. The average molecular weight is 302 g/mol. The minimum atomic E-state index is -1.03. The van der Waals surface area contributed by atoms with Crippen molar-refractivity contribution in [3.8, 4) is 0 Å². The van der Waals surface area contributed by atoms with Crippen LogP contribution in [-0.2, 0) is 14.4 Å². The number of nitrogens with one attached hydrogen (secondary N) is 1. The monoisotopic (exact) mass is 302 g/mol. The van der Waals surface area contributed by atoms with Crippen LogP contribution < -0.4 is 5.32 Å². The summed E-state index contributed by atoms with van der Waals surface area (Å²) in [6.07, 6.45) is 5.50. The molecule has 1 fully saturated rings. The van der Waals surface area contributed by atoms with Gasteiger partial charge in [-0.25, -0.2) is 4.79 Å². The van der Waals surface area contributed by atoms with Crippen LogP contribution >= 0.6 is 11.8 Å². The van der Waals surface area contributed by atoms with Crippen LogP contribution in [0.2, 0.25) is 0 Å². The first-order chi connectivity index (χ1) is 9.54. The first kappa shape index (κ1) is 16.8. The maximum absolute atomic E-state index is 11.9. The van der Waals surface area contributed by atoms with Crippen molar-refractivity contribution in [1.29, 1.82) is 0 Å². The van der Waals surface area contributed by atoms with E-state index >= 15 is 0 Å². The Labute approximate surface area is 123 Å². The van der Waals surface area contributed by atoms with E-state index < -0.39 is 17.9 Å². The molecule has 0 saturated carbocycles. The Morgan fingerprint density at radius 1 is 1.40 bits per heavy atom. The number of hydrogen-bond donors (Lipinski definition) is 2. The van der Waals surface area contributed by atoms with Crippen molar-refractivity contribution in [3.63, 3.8) is 0 Å². The maximum Gasteiger partial charge on any atom is 0.326 e. The molecule has 0 bridgehead atoms. The molecule has 0 aliphatic carbocycles. The molecule has 0 aromatic carbocycles. The molecule has 7 heteroatoms. The summed E-state index contributed by atoms with van der Waals surface area (Å²) in [5, 5.41) is 11.5. The fourth-order valence-electron chi connectivity index (χ4n) is 2.11. The first-order valence-electron chi connectivity index (χ1n) is 6.83. The lowest BCUT2D eigenvalue weighted by Crippen LogP contribution is -2.47. The quantitative estimate of drug-likeness (QED) is 0.723. The third-order valence-electron chi connectivity index (χ3n) is 3.25. The zero-order chi connectivity index (χ0) is 15.0. The summed E-state index contributed by atoms with van der Waals surface area (Å²) >= 11 is 1.53. The van der Waals surface area contributed by atoms with Crippen molar-refractivity contribution in [3.05, 3.63) is 0 Å². The van der Waals surface area contributed by atoms with Crippen LogP contribution in [0.5, 0.6) is 0 Å². The number of hydrogen-bond acceptors (Lipinski definition) is 4. The van der Waals surface area contributed by atoms with E-state index in [-0.39, 0.29) is 12.5 Å². The maximum atomic E-state index is 11.9. The second kappa shape index (κ2) is 8.84. The van der Waals surface area contributed by atoms with Gasteiger partial charge in [-0.3, -0.25) is 9.59 Å². The molecule has 1 heterocycles. The molecule has 0 unspecified atom stereocenters. The van der Waals surface area contributed by atoms with Crippen LogP contribution in [-0.4, -0.2) is 58.9 Å². The number of amides is 2. The molecule has 2 amide bonds. The lowest BCUT2D eigenvalue weighted by molar-refractivity contribution is -0.142. The number of carbonyl (C=O) groups excluding carboxylic acids is 2.